The minimum Gasteiger partial charge on any atom is -0.456 e. The van der Waals surface area contributed by atoms with E-state index in [1.807, 2.05) is 6.92 Å². The van der Waals surface area contributed by atoms with Crippen molar-refractivity contribution in [2.24, 2.45) is 22.7 Å². The van der Waals surface area contributed by atoms with Gasteiger partial charge in [-0.05, 0) is 76.8 Å². The maximum Gasteiger partial charge on any atom is 0.408 e. The van der Waals surface area contributed by atoms with E-state index in [2.05, 4.69) is 5.32 Å². The number of alkyl carbamates (subject to hydrolysis) is 1. The van der Waals surface area contributed by atoms with Gasteiger partial charge in [-0.3, -0.25) is 9.59 Å². The van der Waals surface area contributed by atoms with Gasteiger partial charge in [-0.1, -0.05) is 61.9 Å². The number of nitrogens with one attached hydrogen (secondary N) is 1. The van der Waals surface area contributed by atoms with E-state index in [1.54, 1.807) is 63.2 Å². The van der Waals surface area contributed by atoms with Gasteiger partial charge in [0.15, 0.2) is 11.9 Å². The fraction of sp³-hybridized carbons (Fsp3) is 0.568. The van der Waals surface area contributed by atoms with Gasteiger partial charge in [0.1, 0.15) is 29.5 Å². The molecule has 0 radical (unpaired) electrons. The summed E-state index contributed by atoms with van der Waals surface area (Å²) in [5, 5.41) is 51.7. The number of fused-ring (bicyclic) bond motifs is 5. The summed E-state index contributed by atoms with van der Waals surface area (Å²) in [5.74, 6) is -8.27. The number of benzene rings is 2. The number of Topliss-reactive ketones (excluding diaryl/α,β-unsaturated/α-hetero) is 1. The molecule has 4 aliphatic rings. The van der Waals surface area contributed by atoms with Crippen LogP contribution in [0.25, 0.3) is 0 Å². The molecular formula is C44H55NO14. The second-order valence-electron chi connectivity index (χ2n) is 18.0. The van der Waals surface area contributed by atoms with E-state index in [0.29, 0.717) is 5.56 Å². The Labute approximate surface area is 343 Å². The number of aliphatic hydroxyl groups is 4. The van der Waals surface area contributed by atoms with Gasteiger partial charge in [0.25, 0.3) is 0 Å². The maximum absolute atomic E-state index is 15.0. The molecule has 15 heteroatoms. The Morgan fingerprint density at radius 2 is 1.58 bits per heavy atom. The quantitative estimate of drug-likeness (QED) is 0.145. The van der Waals surface area contributed by atoms with Gasteiger partial charge in [-0.15, -0.1) is 0 Å². The van der Waals surface area contributed by atoms with Crippen LogP contribution in [0.3, 0.4) is 0 Å². The first-order valence-electron chi connectivity index (χ1n) is 19.8. The Morgan fingerprint density at radius 1 is 0.949 bits per heavy atom. The summed E-state index contributed by atoms with van der Waals surface area (Å²) < 4.78 is 29.7. The van der Waals surface area contributed by atoms with E-state index >= 15 is 0 Å². The summed E-state index contributed by atoms with van der Waals surface area (Å²) >= 11 is 0. The molecule has 2 saturated carbocycles. The lowest BCUT2D eigenvalue weighted by atomic mass is 9.45. The molecule has 2 bridgehead atoms. The second-order valence-corrected chi connectivity index (χ2v) is 18.0. The Hall–Kier alpha value is -4.67. The van der Waals surface area contributed by atoms with Crippen LogP contribution in [-0.2, 0) is 38.1 Å². The first-order chi connectivity index (χ1) is 27.4. The Morgan fingerprint density at radius 3 is 2.14 bits per heavy atom. The minimum absolute atomic E-state index is 0.00327. The van der Waals surface area contributed by atoms with Crippen LogP contribution < -0.4 is 5.32 Å². The molecule has 59 heavy (non-hydrogen) atoms. The third kappa shape index (κ3) is 7.45. The molecule has 3 fully saturated rings. The maximum atomic E-state index is 15.0. The standard InChI is InChI=1S/C44H55NO14/c1-22-15-17-25(18-16-22)31(45-39(53)59-40(4,5)6)33(49)38(52)56-28-20-43(54)36(57-37(51)26-13-11-10-12-14-26)34-42(9,35(50)32(48)30(23(28)2)41(43,7)8)29(47)19-27-21-55-44(27,34)58-24(3)46/h10-18,27-29,31-34,36,47-49,54H,19-21H2,1-9H3,(H,45,53)/t27-,28-,29-,31-,32+,33+,34-,36-,42+,43+,44-/m0/s1. The normalized spacial score (nSPS) is 33.3. The number of amides is 1. The topological polar surface area (TPSA) is 224 Å². The molecule has 0 spiro atoms. The number of hydrogen-bond donors (Lipinski definition) is 5. The third-order valence-electron chi connectivity index (χ3n) is 12.8. The van der Waals surface area contributed by atoms with Crippen molar-refractivity contribution in [1.29, 1.82) is 0 Å². The smallest absolute Gasteiger partial charge is 0.408 e. The Kier molecular flexibility index (Phi) is 11.5. The number of aryl methyl sites for hydroxylation is 1. The number of carbonyl (C=O) groups is 5. The van der Waals surface area contributed by atoms with Crippen LogP contribution in [-0.4, -0.2) is 104 Å². The number of carbonyl (C=O) groups excluding carboxylic acids is 5. The fourth-order valence-corrected chi connectivity index (χ4v) is 9.60. The summed E-state index contributed by atoms with van der Waals surface area (Å²) in [4.78, 5) is 69.1. The molecule has 1 saturated heterocycles. The van der Waals surface area contributed by atoms with Crippen molar-refractivity contribution in [2.45, 2.75) is 129 Å². The number of rotatable bonds is 8. The fourth-order valence-electron chi connectivity index (χ4n) is 9.60. The first-order valence-corrected chi connectivity index (χ1v) is 19.8. The van der Waals surface area contributed by atoms with Gasteiger partial charge in [-0.2, -0.15) is 0 Å². The van der Waals surface area contributed by atoms with Crippen LogP contribution in [0.15, 0.2) is 65.7 Å². The highest BCUT2D eigenvalue weighted by molar-refractivity contribution is 5.94. The van der Waals surface area contributed by atoms with Crippen molar-refractivity contribution in [3.63, 3.8) is 0 Å². The zero-order valence-electron chi connectivity index (χ0n) is 34.8. The number of aliphatic hydroxyl groups excluding tert-OH is 3. The molecule has 0 unspecified atom stereocenters. The lowest BCUT2D eigenvalue weighted by molar-refractivity contribution is -0.410. The van der Waals surface area contributed by atoms with Crippen LogP contribution in [0.1, 0.15) is 95.8 Å². The first kappa shape index (κ1) is 43.9. The molecule has 11 atom stereocenters. The highest BCUT2D eigenvalue weighted by atomic mass is 16.7. The van der Waals surface area contributed by atoms with Crippen molar-refractivity contribution < 1.29 is 68.1 Å². The van der Waals surface area contributed by atoms with E-state index in [0.717, 1.165) is 12.5 Å². The minimum atomic E-state index is -2.38. The highest BCUT2D eigenvalue weighted by Gasteiger charge is 2.78. The van der Waals surface area contributed by atoms with Crippen molar-refractivity contribution in [3.8, 4) is 0 Å². The highest BCUT2D eigenvalue weighted by Crippen LogP contribution is 2.65. The van der Waals surface area contributed by atoms with Gasteiger partial charge in [0.05, 0.1) is 41.6 Å². The molecular weight excluding hydrogens is 766 g/mol. The van der Waals surface area contributed by atoms with Crippen LogP contribution >= 0.6 is 0 Å². The van der Waals surface area contributed by atoms with Gasteiger partial charge in [-0.25, -0.2) is 14.4 Å². The zero-order chi connectivity index (χ0) is 43.6. The summed E-state index contributed by atoms with van der Waals surface area (Å²) in [5.41, 5.74) is -5.65. The second kappa shape index (κ2) is 15.4. The molecule has 3 aliphatic carbocycles. The van der Waals surface area contributed by atoms with Gasteiger partial charge in [0.2, 0.25) is 5.79 Å². The van der Waals surface area contributed by atoms with Crippen molar-refractivity contribution in [1.82, 2.24) is 5.32 Å². The lowest BCUT2D eigenvalue weighted by Crippen LogP contribution is -2.80. The predicted molar refractivity (Wildman–Crippen MR) is 208 cm³/mol. The van der Waals surface area contributed by atoms with E-state index in [4.69, 9.17) is 23.7 Å². The zero-order valence-corrected chi connectivity index (χ0v) is 34.8. The van der Waals surface area contributed by atoms with E-state index in [9.17, 15) is 44.4 Å². The SMILES string of the molecule is CC(=O)O[C@@]12OC[C@@H]1C[C@H](O)[C@@]1(C)C(=O)[C@H](O)C3=C(C)[C@@H](OC(=O)[C@H](O)[C@@H](NC(=O)OC(C)(C)C)c4ccc(C)cc4)C[C@@](O)([C@@H](OC(=O)c4ccccc4)[C@H]21)C3(C)C. The van der Waals surface area contributed by atoms with E-state index in [-0.39, 0.29) is 29.7 Å². The van der Waals surface area contributed by atoms with Crippen LogP contribution in [0.5, 0.6) is 0 Å². The summed E-state index contributed by atoms with van der Waals surface area (Å²) in [7, 11) is 0. The number of ether oxygens (including phenoxy) is 5. The molecule has 0 aromatic heterocycles. The van der Waals surface area contributed by atoms with Gasteiger partial charge >= 0.3 is 24.0 Å². The van der Waals surface area contributed by atoms with Crippen molar-refractivity contribution >= 4 is 29.8 Å². The number of ketones is 1. The average molecular weight is 822 g/mol. The molecule has 1 aliphatic heterocycles. The molecule has 6 rings (SSSR count). The van der Waals surface area contributed by atoms with E-state index < -0.39 is 112 Å². The lowest BCUT2D eigenvalue weighted by Gasteiger charge is -2.67. The predicted octanol–water partition coefficient (Wildman–Crippen LogP) is 3.77. The average Bonchev–Trinajstić information content (AvgIpc) is 3.15. The van der Waals surface area contributed by atoms with Crippen molar-refractivity contribution in [2.75, 3.05) is 6.61 Å². The van der Waals surface area contributed by atoms with E-state index in [1.165, 1.54) is 39.8 Å². The third-order valence-corrected chi connectivity index (χ3v) is 12.8. The Balaban J connectivity index is 1.49. The molecule has 2 aromatic carbocycles. The van der Waals surface area contributed by atoms with Crippen molar-refractivity contribution in [3.05, 3.63) is 82.4 Å². The molecule has 320 valence electrons. The number of esters is 3. The van der Waals surface area contributed by atoms with Crippen LogP contribution in [0, 0.1) is 29.6 Å². The molecule has 15 nitrogen and oxygen atoms in total. The summed E-state index contributed by atoms with van der Waals surface area (Å²) in [6, 6.07) is 13.1. The van der Waals surface area contributed by atoms with Crippen LogP contribution in [0.4, 0.5) is 4.79 Å². The monoisotopic (exact) mass is 821 g/mol. The summed E-state index contributed by atoms with van der Waals surface area (Å²) in [6.07, 6.45) is -10.4. The van der Waals surface area contributed by atoms with Crippen LogP contribution in [0.2, 0.25) is 0 Å². The summed E-state index contributed by atoms with van der Waals surface area (Å²) in [6.45, 7) is 13.9. The van der Waals surface area contributed by atoms with Gasteiger partial charge in [0, 0.05) is 18.8 Å². The molecule has 5 N–H and O–H groups in total. The molecule has 2 aromatic rings. The largest absolute Gasteiger partial charge is 0.456 e. The molecule has 1 amide bonds. The Bertz CT molecular complexity index is 2020. The molecule has 1 heterocycles. The number of hydrogen-bond acceptors (Lipinski definition) is 14. The van der Waals surface area contributed by atoms with Gasteiger partial charge < -0.3 is 49.4 Å².